The number of rotatable bonds is 5. The van der Waals surface area contributed by atoms with Gasteiger partial charge in [0.2, 0.25) is 0 Å². The van der Waals surface area contributed by atoms with E-state index in [-0.39, 0.29) is 5.91 Å². The van der Waals surface area contributed by atoms with Crippen molar-refractivity contribution in [2.45, 2.75) is 12.8 Å². The van der Waals surface area contributed by atoms with Crippen molar-refractivity contribution in [1.82, 2.24) is 5.32 Å². The van der Waals surface area contributed by atoms with Gasteiger partial charge in [0.1, 0.15) is 10.6 Å². The normalized spacial score (nSPS) is 12.1. The summed E-state index contributed by atoms with van der Waals surface area (Å²) >= 11 is 3.07. The molecule has 18 heavy (non-hydrogen) atoms. The number of hydrogen-bond acceptors (Lipinski definition) is 4. The Hall–Kier alpha value is -1.33. The van der Waals surface area contributed by atoms with Gasteiger partial charge < -0.3 is 10.1 Å². The number of carbonyl (C=O) groups is 1. The number of methoxy groups -OCH3 is 1. The Morgan fingerprint density at radius 2 is 2.28 bits per heavy atom. The molecule has 0 aliphatic carbocycles. The zero-order valence-electron chi connectivity index (χ0n) is 10.3. The second-order valence-electron chi connectivity index (χ2n) is 3.99. The van der Waals surface area contributed by atoms with E-state index < -0.39 is 0 Å². The SMILES string of the molecule is COc1ccsc1C(=O)NC[C@@H](C)c1ccsc1. The van der Waals surface area contributed by atoms with Gasteiger partial charge in [-0.15, -0.1) is 11.3 Å². The lowest BCUT2D eigenvalue weighted by molar-refractivity contribution is 0.0953. The van der Waals surface area contributed by atoms with Crippen molar-refractivity contribution in [3.05, 3.63) is 38.7 Å². The van der Waals surface area contributed by atoms with E-state index in [0.717, 1.165) is 0 Å². The number of thiophene rings is 2. The quantitative estimate of drug-likeness (QED) is 0.912. The molecule has 1 N–H and O–H groups in total. The third-order valence-corrected chi connectivity index (χ3v) is 4.33. The highest BCUT2D eigenvalue weighted by molar-refractivity contribution is 7.12. The van der Waals surface area contributed by atoms with E-state index in [2.05, 4.69) is 29.1 Å². The molecule has 96 valence electrons. The van der Waals surface area contributed by atoms with Gasteiger partial charge in [-0.25, -0.2) is 0 Å². The first-order valence-electron chi connectivity index (χ1n) is 5.64. The lowest BCUT2D eigenvalue weighted by Gasteiger charge is -2.11. The summed E-state index contributed by atoms with van der Waals surface area (Å²) in [6.45, 7) is 2.74. The molecule has 0 radical (unpaired) electrons. The Labute approximate surface area is 114 Å². The summed E-state index contributed by atoms with van der Waals surface area (Å²) in [6.07, 6.45) is 0. The van der Waals surface area contributed by atoms with Crippen LogP contribution in [0.2, 0.25) is 0 Å². The average Bonchev–Trinajstić information content (AvgIpc) is 3.04. The predicted octanol–water partition coefficient (Wildman–Crippen LogP) is 3.35. The van der Waals surface area contributed by atoms with Crippen molar-refractivity contribution in [2.75, 3.05) is 13.7 Å². The average molecular weight is 281 g/mol. The van der Waals surface area contributed by atoms with Crippen molar-refractivity contribution in [3.63, 3.8) is 0 Å². The molecule has 0 aromatic carbocycles. The summed E-state index contributed by atoms with van der Waals surface area (Å²) < 4.78 is 5.14. The molecule has 5 heteroatoms. The van der Waals surface area contributed by atoms with Gasteiger partial charge in [0.05, 0.1) is 7.11 Å². The molecule has 0 unspecified atom stereocenters. The van der Waals surface area contributed by atoms with Crippen LogP contribution in [-0.4, -0.2) is 19.6 Å². The fraction of sp³-hybridized carbons (Fsp3) is 0.308. The number of hydrogen-bond donors (Lipinski definition) is 1. The topological polar surface area (TPSA) is 38.3 Å². The highest BCUT2D eigenvalue weighted by Gasteiger charge is 2.15. The second-order valence-corrected chi connectivity index (χ2v) is 5.68. The maximum absolute atomic E-state index is 12.0. The number of ether oxygens (including phenoxy) is 1. The Bertz CT molecular complexity index is 505. The van der Waals surface area contributed by atoms with E-state index in [1.54, 1.807) is 18.4 Å². The molecule has 2 aromatic heterocycles. The summed E-state index contributed by atoms with van der Waals surface area (Å²) in [6, 6.07) is 3.90. The van der Waals surface area contributed by atoms with Crippen LogP contribution in [0.5, 0.6) is 5.75 Å². The largest absolute Gasteiger partial charge is 0.495 e. The smallest absolute Gasteiger partial charge is 0.265 e. The van der Waals surface area contributed by atoms with Gasteiger partial charge >= 0.3 is 0 Å². The van der Waals surface area contributed by atoms with Crippen LogP contribution in [0.1, 0.15) is 28.1 Å². The van der Waals surface area contributed by atoms with Crippen LogP contribution in [0.3, 0.4) is 0 Å². The minimum atomic E-state index is -0.0658. The third-order valence-electron chi connectivity index (χ3n) is 2.74. The van der Waals surface area contributed by atoms with Crippen LogP contribution in [0, 0.1) is 0 Å². The van der Waals surface area contributed by atoms with E-state index in [4.69, 9.17) is 4.74 Å². The van der Waals surface area contributed by atoms with Gasteiger partial charge in [-0.2, -0.15) is 11.3 Å². The zero-order valence-corrected chi connectivity index (χ0v) is 11.9. The molecule has 2 rings (SSSR count). The van der Waals surface area contributed by atoms with Crippen LogP contribution < -0.4 is 10.1 Å². The molecule has 2 heterocycles. The molecule has 0 fully saturated rings. The van der Waals surface area contributed by atoms with Gasteiger partial charge in [0, 0.05) is 6.54 Å². The molecule has 1 atom stereocenters. The van der Waals surface area contributed by atoms with Gasteiger partial charge in [0.25, 0.3) is 5.91 Å². The Balaban J connectivity index is 1.93. The van der Waals surface area contributed by atoms with Crippen LogP contribution in [-0.2, 0) is 0 Å². The van der Waals surface area contributed by atoms with Gasteiger partial charge in [-0.3, -0.25) is 4.79 Å². The van der Waals surface area contributed by atoms with E-state index in [0.29, 0.717) is 23.1 Å². The molecule has 2 aromatic rings. The molecule has 0 saturated heterocycles. The van der Waals surface area contributed by atoms with E-state index >= 15 is 0 Å². The minimum absolute atomic E-state index is 0.0658. The Kier molecular flexibility index (Phi) is 4.38. The molecule has 1 amide bonds. The van der Waals surface area contributed by atoms with Gasteiger partial charge in [0.15, 0.2) is 0 Å². The van der Waals surface area contributed by atoms with Crippen LogP contribution in [0.15, 0.2) is 28.3 Å². The fourth-order valence-corrected chi connectivity index (χ4v) is 3.18. The van der Waals surface area contributed by atoms with Crippen molar-refractivity contribution >= 4 is 28.6 Å². The lowest BCUT2D eigenvalue weighted by atomic mass is 10.1. The Morgan fingerprint density at radius 1 is 1.44 bits per heavy atom. The zero-order chi connectivity index (χ0) is 13.0. The fourth-order valence-electron chi connectivity index (χ4n) is 1.62. The van der Waals surface area contributed by atoms with Crippen LogP contribution >= 0.6 is 22.7 Å². The molecule has 0 saturated carbocycles. The molecule has 0 bridgehead atoms. The number of amides is 1. The molecule has 0 aliphatic heterocycles. The van der Waals surface area contributed by atoms with Crippen LogP contribution in [0.25, 0.3) is 0 Å². The molecule has 0 spiro atoms. The van der Waals surface area contributed by atoms with E-state index in [9.17, 15) is 4.79 Å². The monoisotopic (exact) mass is 281 g/mol. The molecule has 3 nitrogen and oxygen atoms in total. The first kappa shape index (κ1) is 13.1. The minimum Gasteiger partial charge on any atom is -0.495 e. The van der Waals surface area contributed by atoms with E-state index in [1.165, 1.54) is 16.9 Å². The summed E-state index contributed by atoms with van der Waals surface area (Å²) in [5, 5.41) is 8.97. The highest BCUT2D eigenvalue weighted by atomic mass is 32.1. The number of carbonyl (C=O) groups excluding carboxylic acids is 1. The highest BCUT2D eigenvalue weighted by Crippen LogP contribution is 2.24. The van der Waals surface area contributed by atoms with Gasteiger partial charge in [-0.05, 0) is 39.8 Å². The van der Waals surface area contributed by atoms with Crippen molar-refractivity contribution < 1.29 is 9.53 Å². The lowest BCUT2D eigenvalue weighted by Crippen LogP contribution is -2.27. The summed E-state index contributed by atoms with van der Waals surface area (Å²) in [7, 11) is 1.58. The first-order chi connectivity index (χ1) is 8.72. The predicted molar refractivity (Wildman–Crippen MR) is 75.9 cm³/mol. The maximum Gasteiger partial charge on any atom is 0.265 e. The Morgan fingerprint density at radius 3 is 2.94 bits per heavy atom. The van der Waals surface area contributed by atoms with Crippen LogP contribution in [0.4, 0.5) is 0 Å². The van der Waals surface area contributed by atoms with Crippen molar-refractivity contribution in [3.8, 4) is 5.75 Å². The standard InChI is InChI=1S/C13H15NO2S2/c1-9(10-3-5-17-8-10)7-14-13(15)12-11(16-2)4-6-18-12/h3-6,8-9H,7H2,1-2H3,(H,14,15)/t9-/m1/s1. The maximum atomic E-state index is 12.0. The third kappa shape index (κ3) is 2.91. The van der Waals surface area contributed by atoms with Crippen molar-refractivity contribution in [1.29, 1.82) is 0 Å². The second kappa shape index (κ2) is 6.02. The summed E-state index contributed by atoms with van der Waals surface area (Å²) in [4.78, 5) is 12.6. The van der Waals surface area contributed by atoms with Crippen molar-refractivity contribution in [2.24, 2.45) is 0 Å². The molecular formula is C13H15NO2S2. The molecular weight excluding hydrogens is 266 g/mol. The summed E-state index contributed by atoms with van der Waals surface area (Å²) in [5.41, 5.74) is 1.26. The van der Waals surface area contributed by atoms with E-state index in [1.807, 2.05) is 11.4 Å². The summed E-state index contributed by atoms with van der Waals surface area (Å²) in [5.74, 6) is 0.899. The van der Waals surface area contributed by atoms with Gasteiger partial charge in [-0.1, -0.05) is 6.92 Å². The first-order valence-corrected chi connectivity index (χ1v) is 7.46. The molecule has 0 aliphatic rings. The number of nitrogens with one attached hydrogen (secondary N) is 1.